The van der Waals surface area contributed by atoms with Crippen molar-refractivity contribution in [3.8, 4) is 0 Å². The first-order valence-electron chi connectivity index (χ1n) is 14.3. The maximum atomic E-state index is 13.6. The van der Waals surface area contributed by atoms with E-state index < -0.39 is 5.54 Å². The normalized spacial score (nSPS) is 27.1. The number of hydrogen-bond donors (Lipinski definition) is 4. The van der Waals surface area contributed by atoms with Gasteiger partial charge in [-0.15, -0.1) is 0 Å². The Morgan fingerprint density at radius 1 is 0.921 bits per heavy atom. The number of rotatable bonds is 9. The van der Waals surface area contributed by atoms with Crippen molar-refractivity contribution in [3.63, 3.8) is 0 Å². The molecule has 7 rings (SSSR count). The van der Waals surface area contributed by atoms with Gasteiger partial charge in [0.15, 0.2) is 0 Å². The lowest BCUT2D eigenvalue weighted by atomic mass is 9.49. The van der Waals surface area contributed by atoms with Crippen LogP contribution in [-0.4, -0.2) is 35.6 Å². The zero-order valence-electron chi connectivity index (χ0n) is 22.4. The predicted octanol–water partition coefficient (Wildman–Crippen LogP) is 5.34. The van der Waals surface area contributed by atoms with Crippen molar-refractivity contribution in [2.75, 3.05) is 13.1 Å². The molecular weight excluding hydrogens is 472 g/mol. The number of aromatic nitrogens is 1. The van der Waals surface area contributed by atoms with Gasteiger partial charge in [-0.25, -0.2) is 4.79 Å². The van der Waals surface area contributed by atoms with Crippen LogP contribution in [0.15, 0.2) is 60.8 Å². The molecule has 6 heteroatoms. The fraction of sp³-hybridized carbons (Fsp3) is 0.500. The van der Waals surface area contributed by atoms with Crippen LogP contribution in [0.3, 0.4) is 0 Å². The summed E-state index contributed by atoms with van der Waals surface area (Å²) < 4.78 is 0. The monoisotopic (exact) mass is 512 g/mol. The zero-order valence-corrected chi connectivity index (χ0v) is 22.4. The molecule has 3 amide bonds. The van der Waals surface area contributed by atoms with Crippen LogP contribution in [-0.2, 0) is 17.6 Å². The first-order chi connectivity index (χ1) is 18.4. The molecular formula is C32H40N4O2. The van der Waals surface area contributed by atoms with Crippen molar-refractivity contribution in [2.24, 2.45) is 23.2 Å². The molecule has 4 aliphatic rings. The molecule has 4 aliphatic carbocycles. The Morgan fingerprint density at radius 2 is 1.58 bits per heavy atom. The summed E-state index contributed by atoms with van der Waals surface area (Å²) in [7, 11) is 0. The third kappa shape index (κ3) is 5.18. The molecule has 1 heterocycles. The van der Waals surface area contributed by atoms with Gasteiger partial charge >= 0.3 is 6.03 Å². The number of hydrogen-bond acceptors (Lipinski definition) is 2. The predicted molar refractivity (Wildman–Crippen MR) is 151 cm³/mol. The minimum atomic E-state index is -1.09. The molecule has 2 aromatic carbocycles. The summed E-state index contributed by atoms with van der Waals surface area (Å²) in [6, 6.07) is 18.0. The Morgan fingerprint density at radius 3 is 2.29 bits per heavy atom. The second-order valence-corrected chi connectivity index (χ2v) is 12.6. The van der Waals surface area contributed by atoms with Crippen LogP contribution in [0.1, 0.15) is 56.6 Å². The standard InChI is InChI=1S/C32H40N4O2/c1-31(19-26-20-34-28-10-6-5-9-27(26)28,29(37)33-12-11-22-7-3-2-4-8-22)36-30(38)35-21-32-16-23-13-24(17-32)15-25(14-23)18-32/h2-10,20,23-25,34H,11-19,21H2,1H3,(H,33,37)(H2,35,36,38)/t23?,24?,25?,31-,32?/m1/s1. The number of nitrogens with one attached hydrogen (secondary N) is 4. The molecule has 0 aliphatic heterocycles. The van der Waals surface area contributed by atoms with E-state index in [9.17, 15) is 9.59 Å². The average molecular weight is 513 g/mol. The lowest BCUT2D eigenvalue weighted by Gasteiger charge is -2.56. The molecule has 1 aromatic heterocycles. The van der Waals surface area contributed by atoms with Crippen molar-refractivity contribution >= 4 is 22.8 Å². The Kier molecular flexibility index (Phi) is 6.67. The highest BCUT2D eigenvalue weighted by molar-refractivity contribution is 5.92. The van der Waals surface area contributed by atoms with E-state index in [0.717, 1.165) is 40.6 Å². The molecule has 3 aromatic rings. The number of para-hydroxylation sites is 1. The molecule has 1 atom stereocenters. The van der Waals surface area contributed by atoms with Crippen LogP contribution in [0.25, 0.3) is 10.9 Å². The average Bonchev–Trinajstić information content (AvgIpc) is 3.30. The van der Waals surface area contributed by atoms with Crippen molar-refractivity contribution in [1.82, 2.24) is 20.9 Å². The summed E-state index contributed by atoms with van der Waals surface area (Å²) in [5, 5.41) is 10.5. The van der Waals surface area contributed by atoms with Gasteiger partial charge in [-0.2, -0.15) is 0 Å². The van der Waals surface area contributed by atoms with E-state index in [4.69, 9.17) is 0 Å². The summed E-state index contributed by atoms with van der Waals surface area (Å²) >= 11 is 0. The molecule has 38 heavy (non-hydrogen) atoms. The van der Waals surface area contributed by atoms with Gasteiger partial charge in [0, 0.05) is 36.6 Å². The molecule has 0 unspecified atom stereocenters. The summed E-state index contributed by atoms with van der Waals surface area (Å²) in [5.74, 6) is 2.36. The SMILES string of the molecule is C[C@](Cc1c[nH]c2ccccc12)(NC(=O)NCC12CC3CC(CC(C3)C1)C2)C(=O)NCCc1ccccc1. The molecule has 4 fully saturated rings. The van der Waals surface area contributed by atoms with E-state index in [1.54, 1.807) is 0 Å². The van der Waals surface area contributed by atoms with Gasteiger partial charge < -0.3 is 20.9 Å². The van der Waals surface area contributed by atoms with Crippen molar-refractivity contribution in [2.45, 2.75) is 63.8 Å². The van der Waals surface area contributed by atoms with Gasteiger partial charge in [-0.05, 0) is 92.2 Å². The van der Waals surface area contributed by atoms with Gasteiger partial charge in [-0.1, -0.05) is 48.5 Å². The van der Waals surface area contributed by atoms with Crippen LogP contribution < -0.4 is 16.0 Å². The minimum Gasteiger partial charge on any atom is -0.361 e. The Hall–Kier alpha value is -3.28. The molecule has 0 spiro atoms. The van der Waals surface area contributed by atoms with E-state index in [2.05, 4.69) is 39.1 Å². The fourth-order valence-corrected chi connectivity index (χ4v) is 8.07. The molecule has 4 N–H and O–H groups in total. The lowest BCUT2D eigenvalue weighted by Crippen LogP contribution is -2.61. The summed E-state index contributed by atoms with van der Waals surface area (Å²) in [6.07, 6.45) is 11.0. The zero-order chi connectivity index (χ0) is 26.2. The van der Waals surface area contributed by atoms with Crippen LogP contribution in [0, 0.1) is 23.2 Å². The lowest BCUT2D eigenvalue weighted by molar-refractivity contribution is -0.126. The second-order valence-electron chi connectivity index (χ2n) is 12.6. The van der Waals surface area contributed by atoms with E-state index in [-0.39, 0.29) is 17.4 Å². The molecule has 200 valence electrons. The van der Waals surface area contributed by atoms with Crippen molar-refractivity contribution in [3.05, 3.63) is 71.9 Å². The highest BCUT2D eigenvalue weighted by Gasteiger charge is 2.51. The second kappa shape index (κ2) is 10.1. The third-order valence-corrected chi connectivity index (χ3v) is 9.44. The Balaban J connectivity index is 1.14. The van der Waals surface area contributed by atoms with Gasteiger partial charge in [0.1, 0.15) is 5.54 Å². The Labute approximate surface area is 225 Å². The quantitative estimate of drug-likeness (QED) is 0.312. The number of H-pyrrole nitrogens is 1. The van der Waals surface area contributed by atoms with Crippen LogP contribution in [0.2, 0.25) is 0 Å². The number of carbonyl (C=O) groups excluding carboxylic acids is 2. The van der Waals surface area contributed by atoms with E-state index in [1.807, 2.05) is 49.5 Å². The highest BCUT2D eigenvalue weighted by Crippen LogP contribution is 2.59. The largest absolute Gasteiger partial charge is 0.361 e. The number of aromatic amines is 1. The van der Waals surface area contributed by atoms with Crippen LogP contribution >= 0.6 is 0 Å². The maximum absolute atomic E-state index is 13.6. The minimum absolute atomic E-state index is 0.163. The third-order valence-electron chi connectivity index (χ3n) is 9.44. The molecule has 0 radical (unpaired) electrons. The smallest absolute Gasteiger partial charge is 0.315 e. The van der Waals surface area contributed by atoms with E-state index >= 15 is 0 Å². The number of fused-ring (bicyclic) bond motifs is 1. The number of urea groups is 1. The first-order valence-corrected chi connectivity index (χ1v) is 14.3. The van der Waals surface area contributed by atoms with E-state index in [1.165, 1.54) is 44.1 Å². The van der Waals surface area contributed by atoms with Crippen molar-refractivity contribution in [1.29, 1.82) is 0 Å². The topological polar surface area (TPSA) is 86.0 Å². The summed E-state index contributed by atoms with van der Waals surface area (Å²) in [5.41, 5.74) is 2.38. The van der Waals surface area contributed by atoms with Gasteiger partial charge in [-0.3, -0.25) is 4.79 Å². The number of carbonyl (C=O) groups is 2. The first kappa shape index (κ1) is 25.0. The Bertz CT molecular complexity index is 1260. The van der Waals surface area contributed by atoms with Gasteiger partial charge in [0.05, 0.1) is 0 Å². The van der Waals surface area contributed by atoms with Gasteiger partial charge in [0.25, 0.3) is 0 Å². The molecule has 4 bridgehead atoms. The van der Waals surface area contributed by atoms with Gasteiger partial charge in [0.2, 0.25) is 5.91 Å². The fourth-order valence-electron chi connectivity index (χ4n) is 8.07. The number of benzene rings is 2. The van der Waals surface area contributed by atoms with Crippen molar-refractivity contribution < 1.29 is 9.59 Å². The summed E-state index contributed by atoms with van der Waals surface area (Å²) in [6.45, 7) is 3.07. The highest BCUT2D eigenvalue weighted by atomic mass is 16.2. The number of amides is 3. The maximum Gasteiger partial charge on any atom is 0.315 e. The van der Waals surface area contributed by atoms with E-state index in [0.29, 0.717) is 19.5 Å². The molecule has 6 nitrogen and oxygen atoms in total. The molecule has 4 saturated carbocycles. The molecule has 0 saturated heterocycles. The summed E-state index contributed by atoms with van der Waals surface area (Å²) in [4.78, 5) is 30.3. The van der Waals surface area contributed by atoms with Crippen LogP contribution in [0.4, 0.5) is 4.79 Å². The van der Waals surface area contributed by atoms with Crippen LogP contribution in [0.5, 0.6) is 0 Å².